The average Bonchev–Trinajstić information content (AvgIpc) is 2.67. The highest BCUT2D eigenvalue weighted by Crippen LogP contribution is 2.49. The normalized spacial score (nSPS) is 16.8. The monoisotopic (exact) mass is 442 g/mol. The Balaban J connectivity index is 2.06. The van der Waals surface area contributed by atoms with Gasteiger partial charge in [-0.3, -0.25) is 19.2 Å². The fourth-order valence-electron chi connectivity index (χ4n) is 3.45. The number of hydrogen-bond acceptors (Lipinski definition) is 9. The molecule has 2 atom stereocenters. The predicted octanol–water partition coefficient (Wildman–Crippen LogP) is 3.24. The quantitative estimate of drug-likeness (QED) is 0.508. The molecule has 0 N–H and O–H groups in total. The van der Waals surface area contributed by atoms with Crippen LogP contribution in [-0.4, -0.2) is 30.5 Å². The van der Waals surface area contributed by atoms with Crippen LogP contribution in [0.1, 0.15) is 50.8 Å². The van der Waals surface area contributed by atoms with Crippen molar-refractivity contribution in [2.45, 2.75) is 39.7 Å². The summed E-state index contributed by atoms with van der Waals surface area (Å²) in [5.74, 6) is -1.79. The Kier molecular flexibility index (Phi) is 6.77. The highest BCUT2D eigenvalue weighted by atomic mass is 16.6. The first-order valence-electron chi connectivity index (χ1n) is 9.77. The van der Waals surface area contributed by atoms with Crippen molar-refractivity contribution in [1.29, 1.82) is 0 Å². The van der Waals surface area contributed by atoms with E-state index in [1.807, 2.05) is 0 Å². The highest BCUT2D eigenvalue weighted by Gasteiger charge is 2.38. The van der Waals surface area contributed by atoms with Gasteiger partial charge in [-0.05, 0) is 17.7 Å². The minimum atomic E-state index is -0.850. The summed E-state index contributed by atoms with van der Waals surface area (Å²) < 4.78 is 27.0. The summed E-state index contributed by atoms with van der Waals surface area (Å²) in [6.07, 6.45) is -0.850. The second-order valence-electron chi connectivity index (χ2n) is 7.13. The Hall–Kier alpha value is -3.88. The topological polar surface area (TPSA) is 114 Å². The summed E-state index contributed by atoms with van der Waals surface area (Å²) >= 11 is 0. The lowest BCUT2D eigenvalue weighted by atomic mass is 9.86. The zero-order chi connectivity index (χ0) is 23.4. The third-order valence-electron chi connectivity index (χ3n) is 4.52. The molecular formula is C23H22O9. The maximum absolute atomic E-state index is 11.9. The maximum Gasteiger partial charge on any atom is 0.308 e. The molecule has 0 spiro atoms. The molecule has 0 saturated heterocycles. The van der Waals surface area contributed by atoms with E-state index in [-0.39, 0.29) is 23.9 Å². The first-order chi connectivity index (χ1) is 15.1. The largest absolute Gasteiger partial charge is 0.492 e. The van der Waals surface area contributed by atoms with Crippen LogP contribution in [0, 0.1) is 0 Å². The number of ether oxygens (including phenoxy) is 5. The van der Waals surface area contributed by atoms with Crippen molar-refractivity contribution in [2.75, 3.05) is 6.61 Å². The van der Waals surface area contributed by atoms with Gasteiger partial charge in [-0.25, -0.2) is 0 Å². The summed E-state index contributed by atoms with van der Waals surface area (Å²) in [7, 11) is 0. The summed E-state index contributed by atoms with van der Waals surface area (Å²) in [5.41, 5.74) is 1.09. The van der Waals surface area contributed by atoms with E-state index in [1.165, 1.54) is 39.8 Å². The Morgan fingerprint density at radius 1 is 0.781 bits per heavy atom. The third kappa shape index (κ3) is 5.42. The van der Waals surface area contributed by atoms with Crippen molar-refractivity contribution < 1.29 is 42.9 Å². The zero-order valence-electron chi connectivity index (χ0n) is 18.0. The summed E-state index contributed by atoms with van der Waals surface area (Å²) in [5, 5.41) is 0. The number of esters is 4. The smallest absolute Gasteiger partial charge is 0.308 e. The van der Waals surface area contributed by atoms with Crippen LogP contribution in [0.5, 0.6) is 23.0 Å². The van der Waals surface area contributed by atoms with Crippen molar-refractivity contribution in [2.24, 2.45) is 0 Å². The van der Waals surface area contributed by atoms with Gasteiger partial charge >= 0.3 is 23.9 Å². The molecule has 32 heavy (non-hydrogen) atoms. The molecule has 3 rings (SSSR count). The molecule has 9 heteroatoms. The van der Waals surface area contributed by atoms with E-state index in [0.717, 1.165) is 5.56 Å². The molecule has 0 aliphatic carbocycles. The lowest BCUT2D eigenvalue weighted by molar-refractivity contribution is -0.149. The van der Waals surface area contributed by atoms with Crippen LogP contribution in [0.4, 0.5) is 0 Å². The molecule has 0 saturated carbocycles. The third-order valence-corrected chi connectivity index (χ3v) is 4.52. The summed E-state index contributed by atoms with van der Waals surface area (Å²) in [6.45, 7) is 5.16. The molecule has 9 nitrogen and oxygen atoms in total. The highest BCUT2D eigenvalue weighted by molar-refractivity contribution is 5.74. The van der Waals surface area contributed by atoms with Gasteiger partial charge in [0, 0.05) is 39.8 Å². The maximum atomic E-state index is 11.9. The van der Waals surface area contributed by atoms with E-state index in [0.29, 0.717) is 11.3 Å². The molecule has 0 bridgehead atoms. The molecule has 1 aliphatic heterocycles. The van der Waals surface area contributed by atoms with E-state index in [4.69, 9.17) is 23.7 Å². The predicted molar refractivity (Wildman–Crippen MR) is 110 cm³/mol. The van der Waals surface area contributed by atoms with Gasteiger partial charge in [0.15, 0.2) is 0 Å². The molecule has 2 aromatic carbocycles. The van der Waals surface area contributed by atoms with Crippen LogP contribution in [0.15, 0.2) is 36.4 Å². The van der Waals surface area contributed by atoms with Gasteiger partial charge in [0.1, 0.15) is 29.1 Å². The molecule has 168 valence electrons. The molecule has 1 heterocycles. The van der Waals surface area contributed by atoms with Gasteiger partial charge in [0.05, 0.1) is 18.1 Å². The van der Waals surface area contributed by atoms with Crippen LogP contribution >= 0.6 is 0 Å². The first kappa shape index (κ1) is 22.8. The van der Waals surface area contributed by atoms with Crippen molar-refractivity contribution >= 4 is 23.9 Å². The van der Waals surface area contributed by atoms with Gasteiger partial charge in [0.2, 0.25) is 0 Å². The minimum Gasteiger partial charge on any atom is -0.492 e. The minimum absolute atomic E-state index is 0.0544. The standard InChI is InChI=1S/C23H22O9/c1-12(24)29-17-7-5-16(6-8-17)19-11-28-20-9-18(30-13(2)25)10-21(31-14(3)26)22(20)23(19)32-15(4)27/h5-10,19,23H,11H2,1-4H3. The average molecular weight is 442 g/mol. The Morgan fingerprint density at radius 2 is 1.38 bits per heavy atom. The molecular weight excluding hydrogens is 420 g/mol. The van der Waals surface area contributed by atoms with Crippen LogP contribution in [0.2, 0.25) is 0 Å². The number of rotatable bonds is 5. The van der Waals surface area contributed by atoms with Gasteiger partial charge in [-0.2, -0.15) is 0 Å². The van der Waals surface area contributed by atoms with Crippen molar-refractivity contribution in [3.05, 3.63) is 47.5 Å². The number of carbonyl (C=O) groups excluding carboxylic acids is 4. The van der Waals surface area contributed by atoms with Gasteiger partial charge in [0.25, 0.3) is 0 Å². The molecule has 0 fully saturated rings. The van der Waals surface area contributed by atoms with E-state index in [2.05, 4.69) is 0 Å². The SMILES string of the molecule is CC(=O)Oc1ccc(C2COc3cc(OC(C)=O)cc(OC(C)=O)c3C2OC(C)=O)cc1. The second-order valence-corrected chi connectivity index (χ2v) is 7.13. The number of fused-ring (bicyclic) bond motifs is 1. The van der Waals surface area contributed by atoms with Crippen molar-refractivity contribution in [3.63, 3.8) is 0 Å². The number of carbonyl (C=O) groups is 4. The molecule has 2 unspecified atom stereocenters. The van der Waals surface area contributed by atoms with E-state index in [1.54, 1.807) is 24.3 Å². The molecule has 0 amide bonds. The zero-order valence-corrected chi connectivity index (χ0v) is 18.0. The fraction of sp³-hybridized carbons (Fsp3) is 0.304. The second kappa shape index (κ2) is 9.51. The van der Waals surface area contributed by atoms with E-state index in [9.17, 15) is 19.2 Å². The Bertz CT molecular complexity index is 1060. The van der Waals surface area contributed by atoms with Gasteiger partial charge in [-0.15, -0.1) is 0 Å². The number of hydrogen-bond donors (Lipinski definition) is 0. The van der Waals surface area contributed by atoms with Gasteiger partial charge in [-0.1, -0.05) is 12.1 Å². The van der Waals surface area contributed by atoms with Crippen LogP contribution in [-0.2, 0) is 23.9 Å². The molecule has 1 aliphatic rings. The van der Waals surface area contributed by atoms with E-state index >= 15 is 0 Å². The van der Waals surface area contributed by atoms with Crippen molar-refractivity contribution in [1.82, 2.24) is 0 Å². The molecule has 0 radical (unpaired) electrons. The first-order valence-corrected chi connectivity index (χ1v) is 9.77. The van der Waals surface area contributed by atoms with E-state index < -0.39 is 35.9 Å². The Labute approximate surface area is 184 Å². The van der Waals surface area contributed by atoms with Gasteiger partial charge < -0.3 is 23.7 Å². The summed E-state index contributed by atoms with van der Waals surface area (Å²) in [4.78, 5) is 46.2. The van der Waals surface area contributed by atoms with Crippen molar-refractivity contribution in [3.8, 4) is 23.0 Å². The molecule has 2 aromatic rings. The number of benzene rings is 2. The molecule has 0 aromatic heterocycles. The fourth-order valence-corrected chi connectivity index (χ4v) is 3.45. The van der Waals surface area contributed by atoms with Crippen LogP contribution in [0.3, 0.4) is 0 Å². The van der Waals surface area contributed by atoms with Crippen LogP contribution in [0.25, 0.3) is 0 Å². The van der Waals surface area contributed by atoms with Crippen LogP contribution < -0.4 is 18.9 Å². The lowest BCUT2D eigenvalue weighted by Crippen LogP contribution is -2.28. The summed E-state index contributed by atoms with van der Waals surface area (Å²) in [6, 6.07) is 9.54. The lowest BCUT2D eigenvalue weighted by Gasteiger charge is -2.34. The Morgan fingerprint density at radius 3 is 1.94 bits per heavy atom.